The molecule has 0 radical (unpaired) electrons. The van der Waals surface area contributed by atoms with Crippen LogP contribution in [0.5, 0.6) is 5.75 Å². The fourth-order valence-electron chi connectivity index (χ4n) is 1.58. The van der Waals surface area contributed by atoms with E-state index >= 15 is 0 Å². The second kappa shape index (κ2) is 5.92. The van der Waals surface area contributed by atoms with Crippen LogP contribution in [0.2, 0.25) is 0 Å². The van der Waals surface area contributed by atoms with E-state index in [-0.39, 0.29) is 11.7 Å². The molecule has 2 aromatic rings. The number of rotatable bonds is 2. The lowest BCUT2D eigenvalue weighted by molar-refractivity contribution is 0.102. The molecule has 1 amide bonds. The van der Waals surface area contributed by atoms with Crippen LogP contribution >= 0.6 is 38.5 Å². The molecule has 3 nitrogen and oxygen atoms in total. The van der Waals surface area contributed by atoms with Gasteiger partial charge in [-0.05, 0) is 81.3 Å². The first kappa shape index (κ1) is 14.3. The van der Waals surface area contributed by atoms with Crippen molar-refractivity contribution in [3.05, 3.63) is 55.6 Å². The van der Waals surface area contributed by atoms with Crippen molar-refractivity contribution in [1.82, 2.24) is 0 Å². The van der Waals surface area contributed by atoms with Crippen LogP contribution in [-0.4, -0.2) is 11.0 Å². The highest BCUT2D eigenvalue weighted by molar-refractivity contribution is 14.1. The number of amides is 1. The van der Waals surface area contributed by atoms with Crippen molar-refractivity contribution in [3.8, 4) is 5.75 Å². The number of phenolic OH excluding ortho intramolecular Hbond substituents is 1. The Morgan fingerprint density at radius 3 is 2.68 bits per heavy atom. The van der Waals surface area contributed by atoms with Gasteiger partial charge in [-0.2, -0.15) is 0 Å². The number of nitrogens with one attached hydrogen (secondary N) is 1. The highest BCUT2D eigenvalue weighted by Crippen LogP contribution is 2.25. The number of halogens is 2. The lowest BCUT2D eigenvalue weighted by Crippen LogP contribution is -2.12. The molecule has 0 bridgehead atoms. The molecular weight excluding hydrogens is 421 g/mol. The molecule has 0 aliphatic heterocycles. The summed E-state index contributed by atoms with van der Waals surface area (Å²) >= 11 is 5.40. The molecule has 0 unspecified atom stereocenters. The van der Waals surface area contributed by atoms with E-state index in [9.17, 15) is 9.90 Å². The molecule has 0 aliphatic rings. The molecule has 2 rings (SSSR count). The van der Waals surface area contributed by atoms with E-state index in [2.05, 4.69) is 21.2 Å². The lowest BCUT2D eigenvalue weighted by atomic mass is 10.2. The highest BCUT2D eigenvalue weighted by atomic mass is 127. The molecule has 0 aliphatic carbocycles. The van der Waals surface area contributed by atoms with Gasteiger partial charge in [0.05, 0.1) is 9.26 Å². The SMILES string of the molecule is Cc1ccc(Br)c(NC(=O)c2ccc(I)c(O)c2)c1. The van der Waals surface area contributed by atoms with Crippen LogP contribution < -0.4 is 5.32 Å². The van der Waals surface area contributed by atoms with Crippen molar-refractivity contribution in [2.24, 2.45) is 0 Å². The maximum Gasteiger partial charge on any atom is 0.255 e. The second-order valence-electron chi connectivity index (χ2n) is 4.10. The molecule has 0 aromatic heterocycles. The molecular formula is C14H11BrINO2. The maximum atomic E-state index is 12.1. The summed E-state index contributed by atoms with van der Waals surface area (Å²) < 4.78 is 1.53. The van der Waals surface area contributed by atoms with Gasteiger partial charge in [-0.3, -0.25) is 4.79 Å². The Bertz CT molecular complexity index is 643. The first-order valence-electron chi connectivity index (χ1n) is 5.53. The standard InChI is InChI=1S/C14H11BrINO2/c1-8-2-4-10(15)12(6-8)17-14(19)9-3-5-11(16)13(18)7-9/h2-7,18H,1H3,(H,17,19). The second-order valence-corrected chi connectivity index (χ2v) is 6.12. The zero-order valence-electron chi connectivity index (χ0n) is 10.1. The number of hydrogen-bond acceptors (Lipinski definition) is 2. The Balaban J connectivity index is 2.25. The van der Waals surface area contributed by atoms with Gasteiger partial charge < -0.3 is 10.4 Å². The van der Waals surface area contributed by atoms with Crippen molar-refractivity contribution in [1.29, 1.82) is 0 Å². The van der Waals surface area contributed by atoms with Crippen molar-refractivity contribution in [2.45, 2.75) is 6.92 Å². The Morgan fingerprint density at radius 1 is 1.26 bits per heavy atom. The number of benzene rings is 2. The number of hydrogen-bond donors (Lipinski definition) is 2. The average Bonchev–Trinajstić information content (AvgIpc) is 2.37. The van der Waals surface area contributed by atoms with Gasteiger partial charge in [-0.1, -0.05) is 6.07 Å². The molecule has 98 valence electrons. The van der Waals surface area contributed by atoms with E-state index in [4.69, 9.17) is 0 Å². The summed E-state index contributed by atoms with van der Waals surface area (Å²) in [6.45, 7) is 1.96. The predicted molar refractivity (Wildman–Crippen MR) is 87.7 cm³/mol. The number of aromatic hydroxyl groups is 1. The van der Waals surface area contributed by atoms with E-state index in [0.29, 0.717) is 14.8 Å². The largest absolute Gasteiger partial charge is 0.507 e. The van der Waals surface area contributed by atoms with Crippen LogP contribution in [0.3, 0.4) is 0 Å². The number of aryl methyl sites for hydroxylation is 1. The Labute approximate surface area is 133 Å². The van der Waals surface area contributed by atoms with Gasteiger partial charge in [0.15, 0.2) is 0 Å². The minimum absolute atomic E-state index is 0.108. The fourth-order valence-corrected chi connectivity index (χ4v) is 2.26. The predicted octanol–water partition coefficient (Wildman–Crippen LogP) is 4.32. The summed E-state index contributed by atoms with van der Waals surface area (Å²) in [5.74, 6) is -0.144. The van der Waals surface area contributed by atoms with Gasteiger partial charge in [0.25, 0.3) is 5.91 Å². The Hall–Kier alpha value is -1.08. The summed E-state index contributed by atoms with van der Waals surface area (Å²) in [6, 6.07) is 10.6. The third kappa shape index (κ3) is 3.48. The number of carbonyl (C=O) groups is 1. The number of carbonyl (C=O) groups excluding carboxylic acids is 1. The van der Waals surface area contributed by atoms with Crippen molar-refractivity contribution in [2.75, 3.05) is 5.32 Å². The van der Waals surface area contributed by atoms with Gasteiger partial charge in [0.2, 0.25) is 0 Å². The molecule has 5 heteroatoms. The molecule has 0 spiro atoms. The molecule has 0 fully saturated rings. The molecule has 0 saturated carbocycles. The molecule has 0 saturated heterocycles. The molecule has 2 N–H and O–H groups in total. The molecule has 0 atom stereocenters. The van der Waals surface area contributed by atoms with E-state index in [1.807, 2.05) is 47.7 Å². The van der Waals surface area contributed by atoms with E-state index in [0.717, 1.165) is 10.0 Å². The normalized spacial score (nSPS) is 10.3. The van der Waals surface area contributed by atoms with Crippen LogP contribution in [0, 0.1) is 10.5 Å². The zero-order chi connectivity index (χ0) is 14.0. The minimum atomic E-state index is -0.252. The average molecular weight is 432 g/mol. The van der Waals surface area contributed by atoms with Gasteiger partial charge in [0.1, 0.15) is 5.75 Å². The Kier molecular flexibility index (Phi) is 4.46. The summed E-state index contributed by atoms with van der Waals surface area (Å²) in [4.78, 5) is 12.1. The third-order valence-electron chi connectivity index (χ3n) is 2.58. The summed E-state index contributed by atoms with van der Waals surface area (Å²) in [7, 11) is 0. The first-order valence-corrected chi connectivity index (χ1v) is 7.40. The maximum absolute atomic E-state index is 12.1. The van der Waals surface area contributed by atoms with Crippen molar-refractivity contribution >= 4 is 50.1 Å². The number of phenols is 1. The van der Waals surface area contributed by atoms with Gasteiger partial charge >= 0.3 is 0 Å². The number of anilines is 1. The minimum Gasteiger partial charge on any atom is -0.507 e. The van der Waals surface area contributed by atoms with E-state index in [1.54, 1.807) is 12.1 Å². The Morgan fingerprint density at radius 2 is 2.00 bits per heavy atom. The summed E-state index contributed by atoms with van der Waals surface area (Å²) in [5.41, 5.74) is 2.19. The van der Waals surface area contributed by atoms with Gasteiger partial charge in [-0.15, -0.1) is 0 Å². The van der Waals surface area contributed by atoms with E-state index in [1.165, 1.54) is 6.07 Å². The summed E-state index contributed by atoms with van der Waals surface area (Å²) in [6.07, 6.45) is 0. The topological polar surface area (TPSA) is 49.3 Å². The summed E-state index contributed by atoms with van der Waals surface area (Å²) in [5, 5.41) is 12.4. The quantitative estimate of drug-likeness (QED) is 0.695. The van der Waals surface area contributed by atoms with Crippen LogP contribution in [0.25, 0.3) is 0 Å². The van der Waals surface area contributed by atoms with Crippen LogP contribution in [-0.2, 0) is 0 Å². The smallest absolute Gasteiger partial charge is 0.255 e. The molecule has 19 heavy (non-hydrogen) atoms. The molecule has 2 aromatic carbocycles. The van der Waals surface area contributed by atoms with E-state index < -0.39 is 0 Å². The van der Waals surface area contributed by atoms with Crippen molar-refractivity contribution < 1.29 is 9.90 Å². The van der Waals surface area contributed by atoms with Gasteiger partial charge in [-0.25, -0.2) is 0 Å². The van der Waals surface area contributed by atoms with Gasteiger partial charge in [0, 0.05) is 10.0 Å². The van der Waals surface area contributed by atoms with Crippen molar-refractivity contribution in [3.63, 3.8) is 0 Å². The highest BCUT2D eigenvalue weighted by Gasteiger charge is 2.10. The monoisotopic (exact) mass is 431 g/mol. The van der Waals surface area contributed by atoms with Crippen LogP contribution in [0.4, 0.5) is 5.69 Å². The molecule has 0 heterocycles. The zero-order valence-corrected chi connectivity index (χ0v) is 13.8. The first-order chi connectivity index (χ1) is 8.97. The fraction of sp³-hybridized carbons (Fsp3) is 0.0714. The lowest BCUT2D eigenvalue weighted by Gasteiger charge is -2.09. The third-order valence-corrected chi connectivity index (χ3v) is 4.18. The van der Waals surface area contributed by atoms with Crippen LogP contribution in [0.15, 0.2) is 40.9 Å². The van der Waals surface area contributed by atoms with Crippen LogP contribution in [0.1, 0.15) is 15.9 Å².